The summed E-state index contributed by atoms with van der Waals surface area (Å²) in [5.41, 5.74) is 0. The van der Waals surface area contributed by atoms with Crippen molar-refractivity contribution in [3.05, 3.63) is 20.8 Å². The van der Waals surface area contributed by atoms with Gasteiger partial charge < -0.3 is 0 Å². The second kappa shape index (κ2) is 3.94. The minimum absolute atomic E-state index is 0.214. The van der Waals surface area contributed by atoms with E-state index in [1.165, 1.54) is 4.88 Å². The van der Waals surface area contributed by atoms with Crippen molar-refractivity contribution in [1.82, 2.24) is 4.90 Å². The molecule has 0 fully saturated rings. The van der Waals surface area contributed by atoms with Crippen LogP contribution in [0, 0.1) is 0 Å². The molecule has 0 saturated carbocycles. The Balaban J connectivity index is 2.76. The molecule has 0 radical (unpaired) electrons. The Kier molecular flexibility index (Phi) is 3.43. The largest absolute Gasteiger partial charge is 0.293 e. The molecule has 62 valence electrons. The van der Waals surface area contributed by atoms with Gasteiger partial charge in [-0.1, -0.05) is 0 Å². The third-order valence-electron chi connectivity index (χ3n) is 1.33. The van der Waals surface area contributed by atoms with Crippen LogP contribution in [0.4, 0.5) is 0 Å². The Morgan fingerprint density at radius 1 is 1.64 bits per heavy atom. The van der Waals surface area contributed by atoms with E-state index in [0.29, 0.717) is 0 Å². The summed E-state index contributed by atoms with van der Waals surface area (Å²) >= 11 is 9.57. The molecule has 0 N–H and O–H groups in total. The Labute approximate surface area is 84.9 Å². The molecule has 0 amide bonds. The maximum absolute atomic E-state index is 4.44. The number of thiol groups is 1. The van der Waals surface area contributed by atoms with Crippen LogP contribution in [0.25, 0.3) is 0 Å². The minimum Gasteiger partial charge on any atom is -0.293 e. The van der Waals surface area contributed by atoms with E-state index in [9.17, 15) is 0 Å². The van der Waals surface area contributed by atoms with Gasteiger partial charge in [0.2, 0.25) is 0 Å². The fourth-order valence-corrected chi connectivity index (χ4v) is 2.50. The maximum atomic E-state index is 4.44. The first-order valence-electron chi connectivity index (χ1n) is 3.19. The van der Waals surface area contributed by atoms with Crippen molar-refractivity contribution in [3.63, 3.8) is 0 Å². The minimum atomic E-state index is 0.214. The maximum Gasteiger partial charge on any atom is 0.0874 e. The highest BCUT2D eigenvalue weighted by molar-refractivity contribution is 9.10. The molecule has 11 heavy (non-hydrogen) atoms. The number of thiophene rings is 1. The predicted octanol–water partition coefficient (Wildman–Crippen LogP) is 3.00. The lowest BCUT2D eigenvalue weighted by atomic mass is 10.4. The molecule has 1 aromatic heterocycles. The molecule has 0 aromatic carbocycles. The van der Waals surface area contributed by atoms with E-state index in [0.717, 1.165) is 4.47 Å². The summed E-state index contributed by atoms with van der Waals surface area (Å²) in [5.74, 6) is 0. The third kappa shape index (κ3) is 2.47. The Bertz CT molecular complexity index is 234. The fourth-order valence-electron chi connectivity index (χ4n) is 0.718. The monoisotopic (exact) mass is 251 g/mol. The molecule has 1 unspecified atom stereocenters. The molecule has 1 nitrogen and oxygen atoms in total. The second-order valence-corrected chi connectivity index (χ2v) is 4.85. The van der Waals surface area contributed by atoms with Crippen LogP contribution in [-0.4, -0.2) is 19.0 Å². The SMILES string of the molecule is CN(C)C(S)c1cc(Br)cs1. The van der Waals surface area contributed by atoms with E-state index in [2.05, 4.69) is 44.9 Å². The van der Waals surface area contributed by atoms with E-state index in [1.807, 2.05) is 14.1 Å². The molecule has 0 aliphatic rings. The molecule has 1 atom stereocenters. The molecular formula is C7H10BrNS2. The summed E-state index contributed by atoms with van der Waals surface area (Å²) in [5, 5.41) is 2.29. The van der Waals surface area contributed by atoms with Crippen LogP contribution in [0.3, 0.4) is 0 Å². The molecule has 0 aliphatic carbocycles. The zero-order valence-corrected chi connectivity index (χ0v) is 9.71. The van der Waals surface area contributed by atoms with Gasteiger partial charge in [0.1, 0.15) is 0 Å². The molecule has 1 rings (SSSR count). The normalized spacial score (nSPS) is 13.9. The van der Waals surface area contributed by atoms with Crippen molar-refractivity contribution in [3.8, 4) is 0 Å². The smallest absolute Gasteiger partial charge is 0.0874 e. The number of nitrogens with zero attached hydrogens (tertiary/aromatic N) is 1. The van der Waals surface area contributed by atoms with Gasteiger partial charge in [-0.3, -0.25) is 4.90 Å². The molecule has 0 saturated heterocycles. The lowest BCUT2D eigenvalue weighted by Crippen LogP contribution is -2.13. The fraction of sp³-hybridized carbons (Fsp3) is 0.429. The molecule has 0 bridgehead atoms. The Morgan fingerprint density at radius 3 is 2.64 bits per heavy atom. The average molecular weight is 252 g/mol. The van der Waals surface area contributed by atoms with Crippen molar-refractivity contribution in [2.24, 2.45) is 0 Å². The zero-order chi connectivity index (χ0) is 8.43. The van der Waals surface area contributed by atoms with Gasteiger partial charge in [0.05, 0.1) is 5.37 Å². The highest BCUT2D eigenvalue weighted by Crippen LogP contribution is 2.30. The topological polar surface area (TPSA) is 3.24 Å². The van der Waals surface area contributed by atoms with E-state index >= 15 is 0 Å². The number of hydrogen-bond acceptors (Lipinski definition) is 3. The van der Waals surface area contributed by atoms with Gasteiger partial charge in [-0.2, -0.15) is 12.6 Å². The van der Waals surface area contributed by atoms with Crippen LogP contribution in [0.5, 0.6) is 0 Å². The van der Waals surface area contributed by atoms with Gasteiger partial charge >= 0.3 is 0 Å². The Hall–Kier alpha value is 0.490. The summed E-state index contributed by atoms with van der Waals surface area (Å²) in [6.45, 7) is 0. The van der Waals surface area contributed by atoms with Crippen LogP contribution in [-0.2, 0) is 0 Å². The molecular weight excluding hydrogens is 242 g/mol. The second-order valence-electron chi connectivity index (χ2n) is 2.50. The van der Waals surface area contributed by atoms with Crippen LogP contribution < -0.4 is 0 Å². The van der Waals surface area contributed by atoms with E-state index < -0.39 is 0 Å². The zero-order valence-electron chi connectivity index (χ0n) is 6.41. The molecule has 1 aromatic rings. The summed E-state index contributed by atoms with van der Waals surface area (Å²) in [4.78, 5) is 3.34. The standard InChI is InChI=1S/C7H10BrNS2/c1-9(2)7(10)6-3-5(8)4-11-6/h3-4,7,10H,1-2H3. The van der Waals surface area contributed by atoms with Gasteiger partial charge in [-0.05, 0) is 36.1 Å². The molecule has 0 spiro atoms. The van der Waals surface area contributed by atoms with Crippen molar-refractivity contribution >= 4 is 39.9 Å². The van der Waals surface area contributed by atoms with Crippen molar-refractivity contribution in [2.75, 3.05) is 14.1 Å². The number of halogens is 1. The first-order chi connectivity index (χ1) is 5.11. The van der Waals surface area contributed by atoms with Crippen molar-refractivity contribution in [1.29, 1.82) is 0 Å². The predicted molar refractivity (Wildman–Crippen MR) is 57.4 cm³/mol. The molecule has 1 heterocycles. The number of rotatable bonds is 2. The van der Waals surface area contributed by atoms with Crippen molar-refractivity contribution < 1.29 is 0 Å². The molecule has 0 aliphatic heterocycles. The van der Waals surface area contributed by atoms with Crippen LogP contribution in [0.15, 0.2) is 15.9 Å². The average Bonchev–Trinajstić information content (AvgIpc) is 2.34. The summed E-state index contributed by atoms with van der Waals surface area (Å²) in [7, 11) is 4.04. The summed E-state index contributed by atoms with van der Waals surface area (Å²) in [6.07, 6.45) is 0. The summed E-state index contributed by atoms with van der Waals surface area (Å²) in [6, 6.07) is 2.10. The highest BCUT2D eigenvalue weighted by Gasteiger charge is 2.09. The first-order valence-corrected chi connectivity index (χ1v) is 5.38. The molecule has 4 heteroatoms. The van der Waals surface area contributed by atoms with E-state index in [4.69, 9.17) is 0 Å². The van der Waals surface area contributed by atoms with Gasteiger partial charge in [0.15, 0.2) is 0 Å². The number of hydrogen-bond donors (Lipinski definition) is 1. The summed E-state index contributed by atoms with van der Waals surface area (Å²) < 4.78 is 1.14. The first kappa shape index (κ1) is 9.58. The van der Waals surface area contributed by atoms with Gasteiger partial charge in [0.25, 0.3) is 0 Å². The van der Waals surface area contributed by atoms with Gasteiger partial charge in [-0.25, -0.2) is 0 Å². The third-order valence-corrected chi connectivity index (χ3v) is 3.99. The van der Waals surface area contributed by atoms with Crippen LogP contribution in [0.1, 0.15) is 10.3 Å². The highest BCUT2D eigenvalue weighted by atomic mass is 79.9. The van der Waals surface area contributed by atoms with E-state index in [-0.39, 0.29) is 5.37 Å². The van der Waals surface area contributed by atoms with Crippen molar-refractivity contribution in [2.45, 2.75) is 5.37 Å². The van der Waals surface area contributed by atoms with E-state index in [1.54, 1.807) is 11.3 Å². The van der Waals surface area contributed by atoms with Crippen LogP contribution in [0.2, 0.25) is 0 Å². The van der Waals surface area contributed by atoms with Crippen LogP contribution >= 0.6 is 39.9 Å². The quantitative estimate of drug-likeness (QED) is 0.625. The van der Waals surface area contributed by atoms with Gasteiger partial charge in [0, 0.05) is 14.7 Å². The van der Waals surface area contributed by atoms with Gasteiger partial charge in [-0.15, -0.1) is 11.3 Å². The Morgan fingerprint density at radius 2 is 2.27 bits per heavy atom. The lowest BCUT2D eigenvalue weighted by Gasteiger charge is -2.16. The lowest BCUT2D eigenvalue weighted by molar-refractivity contribution is 0.397.